The minimum absolute atomic E-state index is 0.0362. The number of hydrogen-bond donors (Lipinski definition) is 1. The standard InChI is InChI=1S/C20H14F4N6O/c21-18-14(20(22,23)24)7-5-8-15(18)30-19(27-28-29-30)26-12-13-6-1-2-9-16(13)31-17-10-3-4-11-25-17/h1-11H,12H2,(H,26,27,29). The van der Waals surface area contributed by atoms with Crippen LogP contribution in [0.2, 0.25) is 0 Å². The molecule has 1 N–H and O–H groups in total. The van der Waals surface area contributed by atoms with Crippen LogP contribution in [0.25, 0.3) is 5.69 Å². The third-order valence-electron chi connectivity index (χ3n) is 4.24. The highest BCUT2D eigenvalue weighted by Crippen LogP contribution is 2.33. The van der Waals surface area contributed by atoms with Gasteiger partial charge in [0.25, 0.3) is 0 Å². The Morgan fingerprint density at radius 3 is 2.55 bits per heavy atom. The Bertz CT molecular complexity index is 1180. The maximum atomic E-state index is 14.5. The highest BCUT2D eigenvalue weighted by atomic mass is 19.4. The third-order valence-corrected chi connectivity index (χ3v) is 4.24. The van der Waals surface area contributed by atoms with Crippen molar-refractivity contribution in [3.8, 4) is 17.3 Å². The molecule has 0 amide bonds. The van der Waals surface area contributed by atoms with Crippen molar-refractivity contribution in [3.05, 3.63) is 83.8 Å². The zero-order valence-corrected chi connectivity index (χ0v) is 15.7. The van der Waals surface area contributed by atoms with Gasteiger partial charge >= 0.3 is 6.18 Å². The zero-order chi connectivity index (χ0) is 21.8. The van der Waals surface area contributed by atoms with Crippen LogP contribution < -0.4 is 10.1 Å². The molecular weight excluding hydrogens is 416 g/mol. The molecule has 0 saturated heterocycles. The number of rotatable bonds is 6. The lowest BCUT2D eigenvalue weighted by molar-refractivity contribution is -0.140. The molecule has 2 heterocycles. The lowest BCUT2D eigenvalue weighted by atomic mass is 10.2. The van der Waals surface area contributed by atoms with Crippen LogP contribution in [-0.2, 0) is 12.7 Å². The van der Waals surface area contributed by atoms with Gasteiger partial charge < -0.3 is 10.1 Å². The van der Waals surface area contributed by atoms with Crippen molar-refractivity contribution in [1.29, 1.82) is 0 Å². The van der Waals surface area contributed by atoms with E-state index in [-0.39, 0.29) is 12.5 Å². The fraction of sp³-hybridized carbons (Fsp3) is 0.100. The highest BCUT2D eigenvalue weighted by molar-refractivity contribution is 5.45. The number of nitrogens with one attached hydrogen (secondary N) is 1. The number of para-hydroxylation sites is 1. The normalized spacial score (nSPS) is 11.4. The van der Waals surface area contributed by atoms with Crippen molar-refractivity contribution >= 4 is 5.95 Å². The highest BCUT2D eigenvalue weighted by Gasteiger charge is 2.35. The Balaban J connectivity index is 1.58. The van der Waals surface area contributed by atoms with Gasteiger partial charge in [0.05, 0.1) is 5.56 Å². The molecule has 0 unspecified atom stereocenters. The van der Waals surface area contributed by atoms with Crippen LogP contribution in [0, 0.1) is 5.82 Å². The largest absolute Gasteiger partial charge is 0.439 e. The fourth-order valence-corrected chi connectivity index (χ4v) is 2.81. The first-order valence-electron chi connectivity index (χ1n) is 8.98. The Kier molecular flexibility index (Phi) is 5.48. The van der Waals surface area contributed by atoms with Gasteiger partial charge in [0.2, 0.25) is 11.8 Å². The Hall–Kier alpha value is -4.02. The molecule has 2 aromatic heterocycles. The van der Waals surface area contributed by atoms with Crippen molar-refractivity contribution in [2.75, 3.05) is 5.32 Å². The average Bonchev–Trinajstić information content (AvgIpc) is 3.21. The number of nitrogens with zero attached hydrogens (tertiary/aromatic N) is 5. The molecular formula is C20H14F4N6O. The first-order valence-corrected chi connectivity index (χ1v) is 8.98. The molecule has 11 heteroatoms. The van der Waals surface area contributed by atoms with Gasteiger partial charge in [0.15, 0.2) is 5.82 Å². The number of halogens is 4. The van der Waals surface area contributed by atoms with Crippen LogP contribution in [0.1, 0.15) is 11.1 Å². The van der Waals surface area contributed by atoms with Crippen LogP contribution >= 0.6 is 0 Å². The molecule has 0 atom stereocenters. The first kappa shape index (κ1) is 20.3. The van der Waals surface area contributed by atoms with Gasteiger partial charge in [-0.15, -0.1) is 0 Å². The minimum Gasteiger partial charge on any atom is -0.439 e. The molecule has 7 nitrogen and oxygen atoms in total. The predicted molar refractivity (Wildman–Crippen MR) is 102 cm³/mol. The van der Waals surface area contributed by atoms with Gasteiger partial charge in [-0.1, -0.05) is 35.4 Å². The van der Waals surface area contributed by atoms with E-state index in [1.165, 1.54) is 0 Å². The summed E-state index contributed by atoms with van der Waals surface area (Å²) in [5, 5.41) is 13.7. The summed E-state index contributed by atoms with van der Waals surface area (Å²) >= 11 is 0. The molecule has 0 bridgehead atoms. The number of benzene rings is 2. The smallest absolute Gasteiger partial charge is 0.419 e. The van der Waals surface area contributed by atoms with Crippen LogP contribution in [0.4, 0.5) is 23.5 Å². The summed E-state index contributed by atoms with van der Waals surface area (Å²) in [4.78, 5) is 4.10. The fourth-order valence-electron chi connectivity index (χ4n) is 2.81. The zero-order valence-electron chi connectivity index (χ0n) is 15.7. The second kappa shape index (κ2) is 8.38. The molecule has 0 fully saturated rings. The number of anilines is 1. The van der Waals surface area contributed by atoms with Gasteiger partial charge in [0.1, 0.15) is 11.4 Å². The van der Waals surface area contributed by atoms with Crippen LogP contribution in [0.3, 0.4) is 0 Å². The summed E-state index contributed by atoms with van der Waals surface area (Å²) in [5.41, 5.74) is -1.13. The Labute approximate surface area is 173 Å². The SMILES string of the molecule is Fc1c(-n2nnnc2NCc2ccccc2Oc2ccccn2)cccc1C(F)(F)F. The van der Waals surface area contributed by atoms with Crippen molar-refractivity contribution in [2.45, 2.75) is 12.7 Å². The predicted octanol–water partition coefficient (Wildman–Crippen LogP) is 4.62. The molecule has 0 aliphatic heterocycles. The lowest BCUT2D eigenvalue weighted by Gasteiger charge is -2.13. The maximum absolute atomic E-state index is 14.5. The van der Waals surface area contributed by atoms with E-state index in [1.807, 2.05) is 0 Å². The van der Waals surface area contributed by atoms with Crippen molar-refractivity contribution in [1.82, 2.24) is 25.2 Å². The number of ether oxygens (including phenoxy) is 1. The number of alkyl halides is 3. The molecule has 0 aliphatic rings. The molecule has 0 saturated carbocycles. The van der Waals surface area contributed by atoms with Crippen LogP contribution in [-0.4, -0.2) is 25.2 Å². The molecule has 4 aromatic rings. The molecule has 158 valence electrons. The quantitative estimate of drug-likeness (QED) is 0.450. The van der Waals surface area contributed by atoms with E-state index >= 15 is 0 Å². The van der Waals surface area contributed by atoms with E-state index in [4.69, 9.17) is 4.74 Å². The Morgan fingerprint density at radius 2 is 1.77 bits per heavy atom. The van der Waals surface area contributed by atoms with Gasteiger partial charge in [-0.2, -0.15) is 17.9 Å². The summed E-state index contributed by atoms with van der Waals surface area (Å²) in [7, 11) is 0. The van der Waals surface area contributed by atoms with E-state index < -0.39 is 23.2 Å². The minimum atomic E-state index is -4.84. The molecule has 31 heavy (non-hydrogen) atoms. The van der Waals surface area contributed by atoms with Gasteiger partial charge in [0, 0.05) is 24.4 Å². The van der Waals surface area contributed by atoms with E-state index in [2.05, 4.69) is 25.8 Å². The number of pyridine rings is 1. The molecule has 0 radical (unpaired) electrons. The van der Waals surface area contributed by atoms with Crippen molar-refractivity contribution < 1.29 is 22.3 Å². The van der Waals surface area contributed by atoms with E-state index in [0.29, 0.717) is 23.3 Å². The summed E-state index contributed by atoms with van der Waals surface area (Å²) in [6.07, 6.45) is -3.25. The first-order chi connectivity index (χ1) is 14.9. The molecule has 0 spiro atoms. The third kappa shape index (κ3) is 4.44. The van der Waals surface area contributed by atoms with Crippen LogP contribution in [0.15, 0.2) is 66.9 Å². The molecule has 0 aliphatic carbocycles. The molecule has 2 aromatic carbocycles. The van der Waals surface area contributed by atoms with Crippen molar-refractivity contribution in [3.63, 3.8) is 0 Å². The maximum Gasteiger partial charge on any atom is 0.419 e. The van der Waals surface area contributed by atoms with Gasteiger partial charge in [-0.25, -0.2) is 9.37 Å². The monoisotopic (exact) mass is 430 g/mol. The van der Waals surface area contributed by atoms with Gasteiger partial charge in [-0.05, 0) is 34.7 Å². The van der Waals surface area contributed by atoms with E-state index in [0.717, 1.165) is 16.8 Å². The topological polar surface area (TPSA) is 77.8 Å². The second-order valence-electron chi connectivity index (χ2n) is 6.28. The van der Waals surface area contributed by atoms with Crippen molar-refractivity contribution in [2.24, 2.45) is 0 Å². The average molecular weight is 430 g/mol. The Morgan fingerprint density at radius 1 is 0.968 bits per heavy atom. The molecule has 4 rings (SSSR count). The number of aromatic nitrogens is 5. The van der Waals surface area contributed by atoms with Gasteiger partial charge in [-0.3, -0.25) is 0 Å². The number of tetrazole rings is 1. The van der Waals surface area contributed by atoms with E-state index in [1.54, 1.807) is 48.7 Å². The summed E-state index contributed by atoms with van der Waals surface area (Å²) < 4.78 is 60.2. The summed E-state index contributed by atoms with van der Waals surface area (Å²) in [5.74, 6) is -0.598. The van der Waals surface area contributed by atoms with E-state index in [9.17, 15) is 17.6 Å². The second-order valence-corrected chi connectivity index (χ2v) is 6.28. The summed E-state index contributed by atoms with van der Waals surface area (Å²) in [6, 6.07) is 15.2. The summed E-state index contributed by atoms with van der Waals surface area (Å²) in [6.45, 7) is 0.157. The number of hydrogen-bond acceptors (Lipinski definition) is 6. The lowest BCUT2D eigenvalue weighted by Crippen LogP contribution is -2.13. The van der Waals surface area contributed by atoms with Crippen LogP contribution in [0.5, 0.6) is 11.6 Å².